The molecule has 0 unspecified atom stereocenters. The fraction of sp³-hybridized carbons (Fsp3) is 0.364. The quantitative estimate of drug-likeness (QED) is 0.798. The summed E-state index contributed by atoms with van der Waals surface area (Å²) >= 11 is 0. The lowest BCUT2D eigenvalue weighted by Crippen LogP contribution is -2.26. The second kappa shape index (κ2) is 4.65. The number of benzene rings is 1. The average molecular weight is 241 g/mol. The molecule has 0 saturated carbocycles. The summed E-state index contributed by atoms with van der Waals surface area (Å²) in [5.74, 6) is -0.109. The third-order valence-corrected chi connectivity index (χ3v) is 3.48. The Hall–Kier alpha value is -1.36. The molecule has 0 bridgehead atoms. The van der Waals surface area contributed by atoms with Gasteiger partial charge in [-0.2, -0.15) is 0 Å². The zero-order valence-electron chi connectivity index (χ0n) is 9.60. The molecule has 1 aromatic carbocycles. The first kappa shape index (κ1) is 12.7. The lowest BCUT2D eigenvalue weighted by Gasteiger charge is -2.14. The Morgan fingerprint density at radius 1 is 1.25 bits per heavy atom. The maximum atomic E-state index is 11.7. The van der Waals surface area contributed by atoms with Crippen LogP contribution in [0.15, 0.2) is 29.2 Å². The maximum Gasteiger partial charge on any atom is 0.253 e. The van der Waals surface area contributed by atoms with Crippen molar-refractivity contribution >= 4 is 15.7 Å². The van der Waals surface area contributed by atoms with Crippen molar-refractivity contribution in [3.63, 3.8) is 0 Å². The second-order valence-electron chi connectivity index (χ2n) is 3.62. The fourth-order valence-corrected chi connectivity index (χ4v) is 1.84. The highest BCUT2D eigenvalue weighted by molar-refractivity contribution is 7.90. The summed E-state index contributed by atoms with van der Waals surface area (Å²) in [6.45, 7) is 2.50. The Labute approximate surface area is 95.8 Å². The van der Waals surface area contributed by atoms with Crippen LogP contribution in [0.5, 0.6) is 0 Å². The highest BCUT2D eigenvalue weighted by atomic mass is 32.2. The van der Waals surface area contributed by atoms with Gasteiger partial charge in [0.1, 0.15) is 0 Å². The first-order valence-corrected chi connectivity index (χ1v) is 6.81. The van der Waals surface area contributed by atoms with Crippen LogP contribution in [0, 0.1) is 0 Å². The normalized spacial score (nSPS) is 11.2. The zero-order valence-corrected chi connectivity index (χ0v) is 10.4. The zero-order chi connectivity index (χ0) is 12.3. The molecule has 0 N–H and O–H groups in total. The van der Waals surface area contributed by atoms with Crippen LogP contribution in [0.3, 0.4) is 0 Å². The van der Waals surface area contributed by atoms with Crippen molar-refractivity contribution in [1.82, 2.24) is 4.90 Å². The fourth-order valence-electron chi connectivity index (χ4n) is 1.21. The minimum Gasteiger partial charge on any atom is -0.342 e. The molecule has 0 aliphatic carbocycles. The molecule has 0 radical (unpaired) electrons. The molecule has 1 rings (SSSR count). The van der Waals surface area contributed by atoms with Gasteiger partial charge in [-0.1, -0.05) is 0 Å². The number of hydrogen-bond donors (Lipinski definition) is 0. The van der Waals surface area contributed by atoms with Crippen LogP contribution in [-0.2, 0) is 9.84 Å². The van der Waals surface area contributed by atoms with Crippen molar-refractivity contribution in [1.29, 1.82) is 0 Å². The lowest BCUT2D eigenvalue weighted by molar-refractivity contribution is 0.0802. The van der Waals surface area contributed by atoms with Crippen LogP contribution in [0.4, 0.5) is 0 Å². The van der Waals surface area contributed by atoms with Crippen molar-refractivity contribution in [3.05, 3.63) is 29.8 Å². The number of rotatable bonds is 3. The summed E-state index contributed by atoms with van der Waals surface area (Å²) in [6.07, 6.45) is 1.14. The van der Waals surface area contributed by atoms with Crippen LogP contribution in [0.2, 0.25) is 0 Å². The average Bonchev–Trinajstić information content (AvgIpc) is 2.26. The molecule has 1 amide bonds. The standard InChI is InChI=1S/C11H15NO3S/c1-4-12(2)11(13)9-5-7-10(8-6-9)16(3,14)15/h5-8H,4H2,1-3H3. The molecule has 0 atom stereocenters. The van der Waals surface area contributed by atoms with Crippen molar-refractivity contribution in [2.75, 3.05) is 19.8 Å². The molecule has 0 saturated heterocycles. The molecular formula is C11H15NO3S. The van der Waals surface area contributed by atoms with Crippen molar-refractivity contribution in [2.45, 2.75) is 11.8 Å². The Morgan fingerprint density at radius 3 is 2.12 bits per heavy atom. The summed E-state index contributed by atoms with van der Waals surface area (Å²) < 4.78 is 22.4. The van der Waals surface area contributed by atoms with Gasteiger partial charge in [0.2, 0.25) is 0 Å². The topological polar surface area (TPSA) is 54.5 Å². The minimum absolute atomic E-state index is 0.109. The maximum absolute atomic E-state index is 11.7. The lowest BCUT2D eigenvalue weighted by atomic mass is 10.2. The van der Waals surface area contributed by atoms with Gasteiger partial charge in [0.15, 0.2) is 9.84 Å². The molecular weight excluding hydrogens is 226 g/mol. The molecule has 0 aliphatic rings. The molecule has 88 valence electrons. The van der Waals surface area contributed by atoms with Crippen LogP contribution in [-0.4, -0.2) is 39.1 Å². The molecule has 0 aromatic heterocycles. The van der Waals surface area contributed by atoms with E-state index in [0.29, 0.717) is 12.1 Å². The first-order chi connectivity index (χ1) is 7.36. The molecule has 0 fully saturated rings. The second-order valence-corrected chi connectivity index (χ2v) is 5.63. The van der Waals surface area contributed by atoms with Gasteiger partial charge in [0, 0.05) is 25.4 Å². The Kier molecular flexibility index (Phi) is 3.70. The number of sulfone groups is 1. The van der Waals surface area contributed by atoms with Crippen molar-refractivity contribution in [2.24, 2.45) is 0 Å². The Balaban J connectivity index is 3.00. The van der Waals surface area contributed by atoms with E-state index in [1.54, 1.807) is 11.9 Å². The number of nitrogens with zero attached hydrogens (tertiary/aromatic N) is 1. The molecule has 4 nitrogen and oxygen atoms in total. The van der Waals surface area contributed by atoms with E-state index in [0.717, 1.165) is 6.26 Å². The third kappa shape index (κ3) is 2.82. The number of hydrogen-bond acceptors (Lipinski definition) is 3. The summed E-state index contributed by atoms with van der Waals surface area (Å²) in [5, 5.41) is 0. The van der Waals surface area contributed by atoms with Gasteiger partial charge in [-0.05, 0) is 31.2 Å². The molecule has 0 spiro atoms. The van der Waals surface area contributed by atoms with Gasteiger partial charge < -0.3 is 4.90 Å². The van der Waals surface area contributed by atoms with Gasteiger partial charge in [0.05, 0.1) is 4.90 Å². The van der Waals surface area contributed by atoms with Crippen LogP contribution in [0.25, 0.3) is 0 Å². The van der Waals surface area contributed by atoms with E-state index in [4.69, 9.17) is 0 Å². The van der Waals surface area contributed by atoms with E-state index in [1.807, 2.05) is 6.92 Å². The highest BCUT2D eigenvalue weighted by Gasteiger charge is 2.11. The van der Waals surface area contributed by atoms with Crippen molar-refractivity contribution < 1.29 is 13.2 Å². The van der Waals surface area contributed by atoms with E-state index in [9.17, 15) is 13.2 Å². The minimum atomic E-state index is -3.20. The van der Waals surface area contributed by atoms with Crippen molar-refractivity contribution in [3.8, 4) is 0 Å². The Bertz CT molecular complexity index is 476. The van der Waals surface area contributed by atoms with E-state index in [2.05, 4.69) is 0 Å². The summed E-state index contributed by atoms with van der Waals surface area (Å²) in [6, 6.07) is 5.97. The predicted molar refractivity (Wildman–Crippen MR) is 62.2 cm³/mol. The van der Waals surface area contributed by atoms with Gasteiger partial charge in [-0.3, -0.25) is 4.79 Å². The van der Waals surface area contributed by atoms with Crippen LogP contribution >= 0.6 is 0 Å². The van der Waals surface area contributed by atoms with E-state index in [-0.39, 0.29) is 10.8 Å². The SMILES string of the molecule is CCN(C)C(=O)c1ccc(S(C)(=O)=O)cc1. The molecule has 0 aliphatic heterocycles. The third-order valence-electron chi connectivity index (χ3n) is 2.35. The number of carbonyl (C=O) groups is 1. The van der Waals surface area contributed by atoms with Gasteiger partial charge in [-0.15, -0.1) is 0 Å². The monoisotopic (exact) mass is 241 g/mol. The Morgan fingerprint density at radius 2 is 1.75 bits per heavy atom. The summed E-state index contributed by atoms with van der Waals surface area (Å²) in [7, 11) is -1.49. The molecule has 5 heteroatoms. The first-order valence-electron chi connectivity index (χ1n) is 4.92. The number of amides is 1. The summed E-state index contributed by atoms with van der Waals surface area (Å²) in [5.41, 5.74) is 0.497. The van der Waals surface area contributed by atoms with E-state index < -0.39 is 9.84 Å². The predicted octanol–water partition coefficient (Wildman–Crippen LogP) is 1.18. The van der Waals surface area contributed by atoms with Crippen LogP contribution < -0.4 is 0 Å². The largest absolute Gasteiger partial charge is 0.342 e. The van der Waals surface area contributed by atoms with Gasteiger partial charge >= 0.3 is 0 Å². The van der Waals surface area contributed by atoms with E-state index in [1.165, 1.54) is 24.3 Å². The van der Waals surface area contributed by atoms with Gasteiger partial charge in [0.25, 0.3) is 5.91 Å². The molecule has 16 heavy (non-hydrogen) atoms. The van der Waals surface area contributed by atoms with Crippen LogP contribution in [0.1, 0.15) is 17.3 Å². The number of carbonyl (C=O) groups excluding carboxylic acids is 1. The highest BCUT2D eigenvalue weighted by Crippen LogP contribution is 2.11. The molecule has 1 aromatic rings. The van der Waals surface area contributed by atoms with E-state index >= 15 is 0 Å². The summed E-state index contributed by atoms with van der Waals surface area (Å²) in [4.78, 5) is 13.5. The molecule has 0 heterocycles. The van der Waals surface area contributed by atoms with Gasteiger partial charge in [-0.25, -0.2) is 8.42 Å². The smallest absolute Gasteiger partial charge is 0.253 e.